The molecule has 3 aliphatic rings. The van der Waals surface area contributed by atoms with Gasteiger partial charge in [-0.3, -0.25) is 9.88 Å². The molecule has 1 saturated carbocycles. The minimum absolute atomic E-state index is 0.0411. The molecule has 7 rings (SSSR count). The van der Waals surface area contributed by atoms with Gasteiger partial charge in [0.2, 0.25) is 0 Å². The van der Waals surface area contributed by atoms with Crippen LogP contribution < -0.4 is 10.6 Å². The number of hydrogen-bond donors (Lipinski definition) is 3. The van der Waals surface area contributed by atoms with Gasteiger partial charge in [0.1, 0.15) is 24.6 Å². The molecule has 2 amide bonds. The van der Waals surface area contributed by atoms with Crippen molar-refractivity contribution in [3.8, 4) is 0 Å². The molecule has 4 heterocycles. The van der Waals surface area contributed by atoms with Crippen LogP contribution in [0.3, 0.4) is 0 Å². The Bertz CT molecular complexity index is 1750. The van der Waals surface area contributed by atoms with E-state index in [9.17, 15) is 14.7 Å². The molecule has 4 aromatic rings. The second-order valence-electron chi connectivity index (χ2n) is 10.9. The summed E-state index contributed by atoms with van der Waals surface area (Å²) in [5.74, 6) is -0.825. The molecule has 3 N–H and O–H groups in total. The average Bonchev–Trinajstić information content (AvgIpc) is 3.43. The average molecular weight is 633 g/mol. The molecule has 3 fully saturated rings. The second kappa shape index (κ2) is 12.5. The Balaban J connectivity index is 1.12. The number of aromatic nitrogens is 4. The van der Waals surface area contributed by atoms with E-state index in [4.69, 9.17) is 30.5 Å². The highest BCUT2D eigenvalue weighted by atomic mass is 35.5. The van der Waals surface area contributed by atoms with Crippen LogP contribution >= 0.6 is 11.6 Å². The van der Waals surface area contributed by atoms with Crippen LogP contribution in [0.2, 0.25) is 5.02 Å². The number of ether oxygens (including phenoxy) is 4. The second-order valence-corrected chi connectivity index (χ2v) is 11.3. The summed E-state index contributed by atoms with van der Waals surface area (Å²) in [7, 11) is 0. The number of imidazole rings is 1. The van der Waals surface area contributed by atoms with Crippen molar-refractivity contribution in [1.82, 2.24) is 24.8 Å². The lowest BCUT2D eigenvalue weighted by molar-refractivity contribution is -0.139. The Labute approximate surface area is 262 Å². The van der Waals surface area contributed by atoms with E-state index in [1.165, 1.54) is 12.4 Å². The van der Waals surface area contributed by atoms with Gasteiger partial charge in [-0.05, 0) is 36.6 Å². The molecule has 13 nitrogen and oxygen atoms in total. The number of carboxylic acids is 1. The molecule has 5 atom stereocenters. The Kier molecular flexibility index (Phi) is 8.17. The molecule has 0 spiro atoms. The fourth-order valence-electron chi connectivity index (χ4n) is 5.43. The summed E-state index contributed by atoms with van der Waals surface area (Å²) in [6.07, 6.45) is 5.51. The van der Waals surface area contributed by atoms with Crippen molar-refractivity contribution in [1.29, 1.82) is 0 Å². The van der Waals surface area contributed by atoms with Crippen LogP contribution in [0.15, 0.2) is 67.3 Å². The summed E-state index contributed by atoms with van der Waals surface area (Å²) in [6, 6.07) is 14.3. The standard InChI is InChI=1S/C31H29ClN6O7/c32-21-8-4-7-19(30(39)40)20(21)13-42-14-22-25-26(45-23(44-25)12-9-17-5-2-1-3-6-17)29(43-22)38-16-35-24-27(33-15-34-28(24)38)37-31(41)36-18-10-11-18/h1-9,12,15-16,18,22-23,25-26,29H,10-11,13-14H2,(H,39,40)(H2,33,34,36,37,41)/b12-9+/t22?,23-,25?,26?,29?/m0/s1. The number of fused-ring (bicyclic) bond motifs is 2. The molecule has 14 heteroatoms. The number of benzene rings is 2. The maximum Gasteiger partial charge on any atom is 0.336 e. The van der Waals surface area contributed by atoms with Crippen LogP contribution in [-0.2, 0) is 25.6 Å². The zero-order valence-corrected chi connectivity index (χ0v) is 24.5. The Morgan fingerprint density at radius 2 is 1.87 bits per heavy atom. The summed E-state index contributed by atoms with van der Waals surface area (Å²) in [6.45, 7) is 0.0246. The molecule has 232 valence electrons. The minimum atomic E-state index is -1.10. The topological polar surface area (TPSA) is 159 Å². The van der Waals surface area contributed by atoms with Crippen molar-refractivity contribution in [2.75, 3.05) is 11.9 Å². The fraction of sp³-hybridized carbons (Fsp3) is 0.323. The normalized spacial score (nSPS) is 24.2. The maximum absolute atomic E-state index is 12.4. The smallest absolute Gasteiger partial charge is 0.336 e. The zero-order chi connectivity index (χ0) is 30.9. The third-order valence-corrected chi connectivity index (χ3v) is 8.12. The van der Waals surface area contributed by atoms with Gasteiger partial charge < -0.3 is 29.4 Å². The molecule has 1 aliphatic carbocycles. The van der Waals surface area contributed by atoms with Crippen LogP contribution in [0.1, 0.15) is 40.6 Å². The number of rotatable bonds is 10. The van der Waals surface area contributed by atoms with E-state index < -0.39 is 36.8 Å². The van der Waals surface area contributed by atoms with Gasteiger partial charge in [0, 0.05) is 16.6 Å². The summed E-state index contributed by atoms with van der Waals surface area (Å²) >= 11 is 6.30. The minimum Gasteiger partial charge on any atom is -0.478 e. The highest BCUT2D eigenvalue weighted by Gasteiger charge is 2.53. The van der Waals surface area contributed by atoms with Crippen molar-refractivity contribution < 1.29 is 33.6 Å². The number of amides is 2. The first-order valence-electron chi connectivity index (χ1n) is 14.5. The summed E-state index contributed by atoms with van der Waals surface area (Å²) in [5, 5.41) is 15.5. The monoisotopic (exact) mass is 632 g/mol. The lowest BCUT2D eigenvalue weighted by atomic mass is 10.1. The number of anilines is 1. The van der Waals surface area contributed by atoms with Crippen LogP contribution in [0.5, 0.6) is 0 Å². The number of carboxylic acid groups (broad SMARTS) is 1. The number of nitrogens with one attached hydrogen (secondary N) is 2. The molecule has 2 aromatic heterocycles. The van der Waals surface area contributed by atoms with E-state index in [1.54, 1.807) is 23.0 Å². The first kappa shape index (κ1) is 29.3. The summed E-state index contributed by atoms with van der Waals surface area (Å²) < 4.78 is 26.8. The molecule has 2 aromatic carbocycles. The summed E-state index contributed by atoms with van der Waals surface area (Å²) in [4.78, 5) is 37.3. The fourth-order valence-corrected chi connectivity index (χ4v) is 5.66. The van der Waals surface area contributed by atoms with Gasteiger partial charge in [0.05, 0.1) is 25.1 Å². The van der Waals surface area contributed by atoms with Gasteiger partial charge in [-0.1, -0.05) is 54.1 Å². The third kappa shape index (κ3) is 6.26. The predicted octanol–water partition coefficient (Wildman–Crippen LogP) is 4.40. The number of urea groups is 1. The largest absolute Gasteiger partial charge is 0.478 e. The van der Waals surface area contributed by atoms with Crippen molar-refractivity contribution in [3.63, 3.8) is 0 Å². The van der Waals surface area contributed by atoms with Crippen LogP contribution in [0, 0.1) is 0 Å². The number of hydrogen-bond acceptors (Lipinski definition) is 9. The van der Waals surface area contributed by atoms with Gasteiger partial charge in [0.15, 0.2) is 29.5 Å². The SMILES string of the molecule is O=C(Nc1ncnc2c1ncn2C1OC(COCc2c(Cl)cccc2C(=O)O)C2O[C@H](/C=C/c3ccccc3)OC21)NC1CC1. The maximum atomic E-state index is 12.4. The lowest BCUT2D eigenvalue weighted by Gasteiger charge is -2.20. The van der Waals surface area contributed by atoms with E-state index in [2.05, 4.69) is 25.6 Å². The Morgan fingerprint density at radius 3 is 2.67 bits per heavy atom. The number of halogens is 1. The molecule has 0 radical (unpaired) electrons. The van der Waals surface area contributed by atoms with Crippen molar-refractivity contribution >= 4 is 46.7 Å². The predicted molar refractivity (Wildman–Crippen MR) is 161 cm³/mol. The van der Waals surface area contributed by atoms with Gasteiger partial charge in [-0.2, -0.15) is 0 Å². The summed E-state index contributed by atoms with van der Waals surface area (Å²) in [5.41, 5.74) is 2.25. The molecule has 45 heavy (non-hydrogen) atoms. The van der Waals surface area contributed by atoms with Crippen LogP contribution in [-0.4, -0.2) is 73.9 Å². The van der Waals surface area contributed by atoms with Gasteiger partial charge in [-0.15, -0.1) is 0 Å². The highest BCUT2D eigenvalue weighted by molar-refractivity contribution is 6.31. The molecular formula is C31H29ClN6O7. The van der Waals surface area contributed by atoms with E-state index in [0.717, 1.165) is 18.4 Å². The highest BCUT2D eigenvalue weighted by Crippen LogP contribution is 2.41. The van der Waals surface area contributed by atoms with Gasteiger partial charge in [-0.25, -0.2) is 24.5 Å². The van der Waals surface area contributed by atoms with E-state index in [0.29, 0.717) is 21.7 Å². The van der Waals surface area contributed by atoms with E-state index in [1.807, 2.05) is 42.5 Å². The first-order chi connectivity index (χ1) is 21.9. The molecule has 2 aliphatic heterocycles. The third-order valence-electron chi connectivity index (χ3n) is 7.77. The molecule has 2 saturated heterocycles. The number of aromatic carboxylic acids is 1. The quantitative estimate of drug-likeness (QED) is 0.229. The first-order valence-corrected chi connectivity index (χ1v) is 14.9. The Morgan fingerprint density at radius 1 is 1.04 bits per heavy atom. The number of nitrogens with zero attached hydrogens (tertiary/aromatic N) is 4. The van der Waals surface area contributed by atoms with E-state index >= 15 is 0 Å². The molecule has 4 unspecified atom stereocenters. The zero-order valence-electron chi connectivity index (χ0n) is 23.8. The Hall–Kier alpha value is -4.40. The van der Waals surface area contributed by atoms with Crippen molar-refractivity contribution in [2.24, 2.45) is 0 Å². The van der Waals surface area contributed by atoms with Gasteiger partial charge in [0.25, 0.3) is 0 Å². The molecular weight excluding hydrogens is 604 g/mol. The van der Waals surface area contributed by atoms with E-state index in [-0.39, 0.29) is 36.7 Å². The lowest BCUT2D eigenvalue weighted by Crippen LogP contribution is -2.32. The molecule has 0 bridgehead atoms. The van der Waals surface area contributed by atoms with Crippen LogP contribution in [0.4, 0.5) is 10.6 Å². The van der Waals surface area contributed by atoms with Crippen LogP contribution in [0.25, 0.3) is 17.2 Å². The van der Waals surface area contributed by atoms with Crippen molar-refractivity contribution in [2.45, 2.75) is 56.3 Å². The van der Waals surface area contributed by atoms with Crippen molar-refractivity contribution in [3.05, 3.63) is 89.0 Å². The number of carbonyl (C=O) groups excluding carboxylic acids is 1. The number of carbonyl (C=O) groups is 2. The van der Waals surface area contributed by atoms with Gasteiger partial charge >= 0.3 is 12.0 Å².